The van der Waals surface area contributed by atoms with Crippen molar-refractivity contribution in [1.29, 1.82) is 5.26 Å². The summed E-state index contributed by atoms with van der Waals surface area (Å²) in [6, 6.07) is 2.84. The molecule has 0 bridgehead atoms. The zero-order valence-electron chi connectivity index (χ0n) is 8.01. The van der Waals surface area contributed by atoms with Crippen LogP contribution in [0.2, 0.25) is 0 Å². The van der Waals surface area contributed by atoms with Crippen LogP contribution in [0.4, 0.5) is 0 Å². The monoisotopic (exact) mass is 166 g/mol. The Kier molecular flexibility index (Phi) is 3.55. The van der Waals surface area contributed by atoms with Gasteiger partial charge in [-0.1, -0.05) is 13.8 Å². The van der Waals surface area contributed by atoms with E-state index in [9.17, 15) is 0 Å². The molecule has 68 valence electrons. The lowest BCUT2D eigenvalue weighted by molar-refractivity contribution is 0.170. The Morgan fingerprint density at radius 2 is 2.17 bits per heavy atom. The van der Waals surface area contributed by atoms with Gasteiger partial charge in [-0.3, -0.25) is 0 Å². The molecular weight excluding hydrogens is 148 g/mol. The molecule has 0 aliphatic heterocycles. The highest BCUT2D eigenvalue weighted by Gasteiger charge is 2.30. The smallest absolute Gasteiger partial charge is 0.0635 e. The van der Waals surface area contributed by atoms with E-state index >= 15 is 0 Å². The maximum absolute atomic E-state index is 8.32. The van der Waals surface area contributed by atoms with E-state index in [1.807, 2.05) is 0 Å². The van der Waals surface area contributed by atoms with E-state index in [0.29, 0.717) is 12.5 Å². The molecule has 0 saturated heterocycles. The van der Waals surface area contributed by atoms with Crippen LogP contribution in [-0.4, -0.2) is 12.6 Å². The summed E-state index contributed by atoms with van der Waals surface area (Å²) in [5, 5.41) is 11.7. The van der Waals surface area contributed by atoms with Gasteiger partial charge in [0.1, 0.15) is 0 Å². The lowest BCUT2D eigenvalue weighted by Crippen LogP contribution is -2.43. The van der Waals surface area contributed by atoms with Crippen LogP contribution in [0.25, 0.3) is 0 Å². The Hall–Kier alpha value is -0.550. The van der Waals surface area contributed by atoms with Gasteiger partial charge in [0.05, 0.1) is 6.07 Å². The molecule has 0 radical (unpaired) electrons. The SMILES string of the molecule is CC(C)C1CC(NCCC#N)C1. The van der Waals surface area contributed by atoms with Crippen LogP contribution < -0.4 is 5.32 Å². The van der Waals surface area contributed by atoms with Gasteiger partial charge in [0.15, 0.2) is 0 Å². The molecule has 0 heterocycles. The minimum atomic E-state index is 0.642. The Morgan fingerprint density at radius 3 is 2.67 bits per heavy atom. The third-order valence-electron chi connectivity index (χ3n) is 2.79. The van der Waals surface area contributed by atoms with Crippen LogP contribution >= 0.6 is 0 Å². The molecule has 1 aliphatic rings. The lowest BCUT2D eigenvalue weighted by Gasteiger charge is -2.38. The Labute approximate surface area is 75.0 Å². The van der Waals surface area contributed by atoms with Gasteiger partial charge in [-0.2, -0.15) is 5.26 Å². The standard InChI is InChI=1S/C10H18N2/c1-8(2)9-6-10(7-9)12-5-3-4-11/h8-10,12H,3,5-7H2,1-2H3. The zero-order chi connectivity index (χ0) is 8.97. The van der Waals surface area contributed by atoms with E-state index in [1.165, 1.54) is 12.8 Å². The Morgan fingerprint density at radius 1 is 1.50 bits per heavy atom. The van der Waals surface area contributed by atoms with E-state index in [1.54, 1.807) is 0 Å². The molecule has 12 heavy (non-hydrogen) atoms. The molecule has 0 amide bonds. The first kappa shape index (κ1) is 9.54. The molecule has 0 atom stereocenters. The van der Waals surface area contributed by atoms with Crippen LogP contribution in [0.15, 0.2) is 0 Å². The fraction of sp³-hybridized carbons (Fsp3) is 0.900. The molecule has 0 spiro atoms. The molecule has 1 aliphatic carbocycles. The van der Waals surface area contributed by atoms with Crippen LogP contribution in [0.1, 0.15) is 33.1 Å². The predicted molar refractivity (Wildman–Crippen MR) is 49.6 cm³/mol. The molecule has 2 heteroatoms. The number of nitriles is 1. The quantitative estimate of drug-likeness (QED) is 0.648. The third-order valence-corrected chi connectivity index (χ3v) is 2.79. The Bertz CT molecular complexity index is 163. The number of nitrogens with one attached hydrogen (secondary N) is 1. The maximum Gasteiger partial charge on any atom is 0.0635 e. The van der Waals surface area contributed by atoms with E-state index in [4.69, 9.17) is 5.26 Å². The van der Waals surface area contributed by atoms with Gasteiger partial charge in [0.25, 0.3) is 0 Å². The average molecular weight is 166 g/mol. The van der Waals surface area contributed by atoms with Gasteiger partial charge in [-0.05, 0) is 24.7 Å². The molecular formula is C10H18N2. The number of hydrogen-bond acceptors (Lipinski definition) is 2. The van der Waals surface area contributed by atoms with E-state index in [-0.39, 0.29) is 0 Å². The van der Waals surface area contributed by atoms with Crippen molar-refractivity contribution in [2.75, 3.05) is 6.54 Å². The molecule has 2 nitrogen and oxygen atoms in total. The minimum absolute atomic E-state index is 0.642. The second-order valence-corrected chi connectivity index (χ2v) is 4.03. The van der Waals surface area contributed by atoms with E-state index < -0.39 is 0 Å². The largest absolute Gasteiger partial charge is 0.313 e. The van der Waals surface area contributed by atoms with Crippen LogP contribution in [-0.2, 0) is 0 Å². The van der Waals surface area contributed by atoms with Crippen molar-refractivity contribution in [3.8, 4) is 6.07 Å². The molecule has 0 aromatic rings. The van der Waals surface area contributed by atoms with Gasteiger partial charge >= 0.3 is 0 Å². The minimum Gasteiger partial charge on any atom is -0.313 e. The lowest BCUT2D eigenvalue weighted by atomic mass is 9.74. The summed E-state index contributed by atoms with van der Waals surface area (Å²) in [4.78, 5) is 0. The van der Waals surface area contributed by atoms with Gasteiger partial charge in [0.2, 0.25) is 0 Å². The summed E-state index contributed by atoms with van der Waals surface area (Å²) in [5.41, 5.74) is 0. The molecule has 1 saturated carbocycles. The highest BCUT2D eigenvalue weighted by Crippen LogP contribution is 2.33. The van der Waals surface area contributed by atoms with Gasteiger partial charge < -0.3 is 5.32 Å². The average Bonchev–Trinajstić information content (AvgIpc) is 1.93. The molecule has 1 N–H and O–H groups in total. The molecule has 1 fully saturated rings. The second-order valence-electron chi connectivity index (χ2n) is 4.03. The molecule has 0 aromatic carbocycles. The number of hydrogen-bond donors (Lipinski definition) is 1. The summed E-state index contributed by atoms with van der Waals surface area (Å²) >= 11 is 0. The van der Waals surface area contributed by atoms with Crippen LogP contribution in [0.3, 0.4) is 0 Å². The van der Waals surface area contributed by atoms with Gasteiger partial charge in [-0.25, -0.2) is 0 Å². The topological polar surface area (TPSA) is 35.8 Å². The normalized spacial score (nSPS) is 28.2. The number of nitrogens with zero attached hydrogens (tertiary/aromatic N) is 1. The summed E-state index contributed by atoms with van der Waals surface area (Å²) in [6.07, 6.45) is 3.26. The molecule has 0 unspecified atom stereocenters. The Balaban J connectivity index is 1.99. The first-order valence-corrected chi connectivity index (χ1v) is 4.84. The van der Waals surface area contributed by atoms with Crippen molar-refractivity contribution in [1.82, 2.24) is 5.32 Å². The van der Waals surface area contributed by atoms with E-state index in [0.717, 1.165) is 18.4 Å². The summed E-state index contributed by atoms with van der Waals surface area (Å²) < 4.78 is 0. The summed E-state index contributed by atoms with van der Waals surface area (Å²) in [6.45, 7) is 5.44. The highest BCUT2D eigenvalue weighted by molar-refractivity contribution is 4.87. The third kappa shape index (κ3) is 2.49. The second kappa shape index (κ2) is 4.47. The van der Waals surface area contributed by atoms with Crippen molar-refractivity contribution >= 4 is 0 Å². The summed E-state index contributed by atoms with van der Waals surface area (Å²) in [7, 11) is 0. The van der Waals surface area contributed by atoms with Crippen molar-refractivity contribution in [3.63, 3.8) is 0 Å². The number of rotatable bonds is 4. The zero-order valence-corrected chi connectivity index (χ0v) is 8.01. The first-order chi connectivity index (χ1) is 5.74. The van der Waals surface area contributed by atoms with Crippen molar-refractivity contribution < 1.29 is 0 Å². The van der Waals surface area contributed by atoms with E-state index in [2.05, 4.69) is 25.2 Å². The molecule has 0 aromatic heterocycles. The highest BCUT2D eigenvalue weighted by atomic mass is 14.9. The van der Waals surface area contributed by atoms with Gasteiger partial charge in [0, 0.05) is 19.0 Å². The van der Waals surface area contributed by atoms with Crippen molar-refractivity contribution in [2.45, 2.75) is 39.2 Å². The summed E-state index contributed by atoms with van der Waals surface area (Å²) in [5.74, 6) is 1.75. The first-order valence-electron chi connectivity index (χ1n) is 4.84. The van der Waals surface area contributed by atoms with Gasteiger partial charge in [-0.15, -0.1) is 0 Å². The van der Waals surface area contributed by atoms with Crippen LogP contribution in [0, 0.1) is 23.2 Å². The predicted octanol–water partition coefficient (Wildman–Crippen LogP) is 1.92. The molecule has 1 rings (SSSR count). The fourth-order valence-corrected chi connectivity index (χ4v) is 1.71. The van der Waals surface area contributed by atoms with Crippen LogP contribution in [0.5, 0.6) is 0 Å². The van der Waals surface area contributed by atoms with Crippen molar-refractivity contribution in [3.05, 3.63) is 0 Å². The fourth-order valence-electron chi connectivity index (χ4n) is 1.71. The maximum atomic E-state index is 8.32. The van der Waals surface area contributed by atoms with Crippen molar-refractivity contribution in [2.24, 2.45) is 11.8 Å².